The molecular weight excluding hydrogens is 422 g/mol. The Morgan fingerprint density at radius 2 is 1.66 bits per heavy atom. The molecule has 3 N–H and O–H groups in total. The van der Waals surface area contributed by atoms with Gasteiger partial charge in [-0.3, -0.25) is 19.2 Å². The van der Waals surface area contributed by atoms with Crippen LogP contribution in [0.5, 0.6) is 0 Å². The monoisotopic (exact) mass is 449 g/mol. The third-order valence-corrected chi connectivity index (χ3v) is 4.31. The van der Waals surface area contributed by atoms with Crippen molar-refractivity contribution in [3.63, 3.8) is 0 Å². The zero-order chi connectivity index (χ0) is 23.9. The summed E-state index contributed by atoms with van der Waals surface area (Å²) in [6, 6.07) is 5.14. The van der Waals surface area contributed by atoms with Crippen LogP contribution < -0.4 is 10.6 Å². The lowest BCUT2D eigenvalue weighted by Gasteiger charge is -2.22. The fourth-order valence-electron chi connectivity index (χ4n) is 2.87. The second-order valence-corrected chi connectivity index (χ2v) is 8.11. The Hall–Kier alpha value is -3.47. The van der Waals surface area contributed by atoms with Crippen LogP contribution in [0.1, 0.15) is 60.7 Å². The molecule has 1 heterocycles. The van der Waals surface area contributed by atoms with Crippen LogP contribution in [0.15, 0.2) is 24.3 Å². The first-order valence-corrected chi connectivity index (χ1v) is 10.1. The second kappa shape index (κ2) is 10.7. The Balaban J connectivity index is 1.67. The van der Waals surface area contributed by atoms with E-state index in [1.165, 1.54) is 12.1 Å². The highest BCUT2D eigenvalue weighted by Crippen LogP contribution is 2.22. The molecule has 0 saturated heterocycles. The van der Waals surface area contributed by atoms with Gasteiger partial charge in [0.25, 0.3) is 11.8 Å². The number of hydrogen-bond donors (Lipinski definition) is 3. The van der Waals surface area contributed by atoms with Crippen molar-refractivity contribution < 1.29 is 38.7 Å². The van der Waals surface area contributed by atoms with Crippen LogP contribution >= 0.6 is 0 Å². The summed E-state index contributed by atoms with van der Waals surface area (Å²) < 4.78 is 5.05. The number of nitrogens with zero attached hydrogens (tertiary/aromatic N) is 1. The zero-order valence-corrected chi connectivity index (χ0v) is 18.2. The highest BCUT2D eigenvalue weighted by Gasteiger charge is 2.36. The molecule has 0 radical (unpaired) electrons. The minimum atomic E-state index is -1.19. The molecule has 2 rings (SSSR count). The lowest BCUT2D eigenvalue weighted by Crippen LogP contribution is -2.43. The van der Waals surface area contributed by atoms with Crippen molar-refractivity contribution in [2.45, 2.75) is 51.7 Å². The molecule has 1 aromatic rings. The molecule has 0 fully saturated rings. The molecule has 1 aliphatic rings. The molecule has 0 saturated carbocycles. The fourth-order valence-corrected chi connectivity index (χ4v) is 2.87. The molecule has 0 bridgehead atoms. The number of carboxylic acids is 1. The highest BCUT2D eigenvalue weighted by atomic mass is 16.7. The topological polar surface area (TPSA) is 151 Å². The third kappa shape index (κ3) is 7.05. The Morgan fingerprint density at radius 3 is 2.19 bits per heavy atom. The number of unbranched alkanes of at least 4 members (excludes halogenated alkanes) is 1. The van der Waals surface area contributed by atoms with E-state index in [2.05, 4.69) is 10.6 Å². The van der Waals surface area contributed by atoms with E-state index in [-0.39, 0.29) is 24.1 Å². The van der Waals surface area contributed by atoms with Crippen LogP contribution in [0.2, 0.25) is 0 Å². The molecule has 0 spiro atoms. The standard InChI is InChI=1S/C21H27N3O8/c1-21(2,3)32-20(30)23-15(19(28)29)10-6-7-11-22-16(25)12-31-24-17(26)13-8-4-5-9-14(13)18(24)27/h4-5,8-9,15H,6-7,10-12H2,1-3H3,(H,22,25)(H,23,30)(H,28,29)/t15-/m0/s1. The number of nitrogens with one attached hydrogen (secondary N) is 2. The number of carbonyl (C=O) groups excluding carboxylic acids is 4. The van der Waals surface area contributed by atoms with E-state index in [1.54, 1.807) is 32.9 Å². The number of hydrogen-bond acceptors (Lipinski definition) is 7. The Kier molecular flexibility index (Phi) is 8.30. The van der Waals surface area contributed by atoms with Crippen LogP contribution in [-0.2, 0) is 19.2 Å². The van der Waals surface area contributed by atoms with Crippen LogP contribution in [0, 0.1) is 0 Å². The Bertz CT molecular complexity index is 858. The van der Waals surface area contributed by atoms with Gasteiger partial charge in [-0.25, -0.2) is 9.59 Å². The smallest absolute Gasteiger partial charge is 0.408 e. The molecule has 1 atom stereocenters. The number of hydroxylamine groups is 2. The van der Waals surface area contributed by atoms with Crippen molar-refractivity contribution in [3.05, 3.63) is 35.4 Å². The number of amides is 4. The van der Waals surface area contributed by atoms with Gasteiger partial charge in [-0.2, -0.15) is 0 Å². The Labute approximate surface area is 185 Å². The van der Waals surface area contributed by atoms with Crippen molar-refractivity contribution >= 4 is 29.8 Å². The summed E-state index contributed by atoms with van der Waals surface area (Å²) >= 11 is 0. The molecule has 174 valence electrons. The number of aliphatic carboxylic acids is 1. The summed E-state index contributed by atoms with van der Waals surface area (Å²) in [6.45, 7) is 4.71. The molecular formula is C21H27N3O8. The number of ether oxygens (including phenoxy) is 1. The van der Waals surface area contributed by atoms with Gasteiger partial charge >= 0.3 is 12.1 Å². The minimum Gasteiger partial charge on any atom is -0.480 e. The number of rotatable bonds is 10. The maximum Gasteiger partial charge on any atom is 0.408 e. The maximum atomic E-state index is 12.2. The van der Waals surface area contributed by atoms with Crippen molar-refractivity contribution in [3.8, 4) is 0 Å². The van der Waals surface area contributed by atoms with Crippen LogP contribution in [-0.4, -0.2) is 64.7 Å². The average molecular weight is 449 g/mol. The third-order valence-electron chi connectivity index (χ3n) is 4.31. The van der Waals surface area contributed by atoms with Gasteiger partial charge in [-0.1, -0.05) is 12.1 Å². The van der Waals surface area contributed by atoms with Crippen LogP contribution in [0.3, 0.4) is 0 Å². The summed E-state index contributed by atoms with van der Waals surface area (Å²) in [5.74, 6) is -2.98. The summed E-state index contributed by atoms with van der Waals surface area (Å²) in [5, 5.41) is 14.7. The van der Waals surface area contributed by atoms with E-state index in [9.17, 15) is 29.1 Å². The van der Waals surface area contributed by atoms with Crippen molar-refractivity contribution in [1.29, 1.82) is 0 Å². The predicted molar refractivity (Wildman–Crippen MR) is 111 cm³/mol. The fraction of sp³-hybridized carbons (Fsp3) is 0.476. The first kappa shape index (κ1) is 24.8. The van der Waals surface area contributed by atoms with Gasteiger partial charge in [0.15, 0.2) is 6.61 Å². The molecule has 4 amide bonds. The summed E-state index contributed by atoms with van der Waals surface area (Å²) in [7, 11) is 0. The first-order valence-electron chi connectivity index (χ1n) is 10.1. The maximum absolute atomic E-state index is 12.2. The average Bonchev–Trinajstić information content (AvgIpc) is 2.94. The van der Waals surface area contributed by atoms with Crippen LogP contribution in [0.4, 0.5) is 4.79 Å². The highest BCUT2D eigenvalue weighted by molar-refractivity contribution is 6.20. The number of imide groups is 1. The van der Waals surface area contributed by atoms with Gasteiger partial charge < -0.3 is 20.5 Å². The van der Waals surface area contributed by atoms with Gasteiger partial charge in [0.2, 0.25) is 5.91 Å². The number of carbonyl (C=O) groups is 5. The number of carboxylic acid groups (broad SMARTS) is 1. The summed E-state index contributed by atoms with van der Waals surface area (Å²) in [4.78, 5) is 64.3. The van der Waals surface area contributed by atoms with Gasteiger partial charge in [0.05, 0.1) is 11.1 Å². The largest absolute Gasteiger partial charge is 0.480 e. The molecule has 0 unspecified atom stereocenters. The minimum absolute atomic E-state index is 0.149. The van der Waals surface area contributed by atoms with E-state index >= 15 is 0 Å². The lowest BCUT2D eigenvalue weighted by molar-refractivity contribution is -0.140. The summed E-state index contributed by atoms with van der Waals surface area (Å²) in [6.07, 6.45) is 0.185. The van der Waals surface area contributed by atoms with E-state index in [4.69, 9.17) is 9.57 Å². The molecule has 11 nitrogen and oxygen atoms in total. The van der Waals surface area contributed by atoms with E-state index < -0.39 is 48.0 Å². The molecule has 1 aromatic carbocycles. The number of fused-ring (bicyclic) bond motifs is 1. The molecule has 11 heteroatoms. The van der Waals surface area contributed by atoms with E-state index in [0.717, 1.165) is 0 Å². The van der Waals surface area contributed by atoms with Crippen molar-refractivity contribution in [1.82, 2.24) is 15.7 Å². The van der Waals surface area contributed by atoms with Gasteiger partial charge in [-0.05, 0) is 52.2 Å². The lowest BCUT2D eigenvalue weighted by atomic mass is 10.1. The summed E-state index contributed by atoms with van der Waals surface area (Å²) in [5.41, 5.74) is -0.316. The molecule has 32 heavy (non-hydrogen) atoms. The van der Waals surface area contributed by atoms with Crippen molar-refractivity contribution in [2.24, 2.45) is 0 Å². The first-order chi connectivity index (χ1) is 15.0. The zero-order valence-electron chi connectivity index (χ0n) is 18.2. The predicted octanol–water partition coefficient (Wildman–Crippen LogP) is 1.48. The molecule has 0 aliphatic carbocycles. The van der Waals surface area contributed by atoms with Gasteiger partial charge in [0, 0.05) is 6.54 Å². The van der Waals surface area contributed by atoms with Gasteiger partial charge in [0.1, 0.15) is 11.6 Å². The normalized spacial score (nSPS) is 14.0. The quantitative estimate of drug-likeness (QED) is 0.359. The van der Waals surface area contributed by atoms with E-state index in [1.807, 2.05) is 0 Å². The van der Waals surface area contributed by atoms with E-state index in [0.29, 0.717) is 17.9 Å². The van der Waals surface area contributed by atoms with Crippen LogP contribution in [0.25, 0.3) is 0 Å². The van der Waals surface area contributed by atoms with Crippen molar-refractivity contribution in [2.75, 3.05) is 13.2 Å². The number of benzene rings is 1. The van der Waals surface area contributed by atoms with Gasteiger partial charge in [-0.15, -0.1) is 5.06 Å². The number of alkyl carbamates (subject to hydrolysis) is 1. The second-order valence-electron chi connectivity index (χ2n) is 8.11. The molecule has 1 aliphatic heterocycles. The SMILES string of the molecule is CC(C)(C)OC(=O)N[C@@H](CCCCNC(=O)CON1C(=O)c2ccccc2C1=O)C(=O)O. The molecule has 0 aromatic heterocycles. The Morgan fingerprint density at radius 1 is 1.06 bits per heavy atom.